The molecule has 0 heterocycles. The number of unbranched alkanes of at least 4 members (excludes halogenated alkanes) is 1. The van der Waals surface area contributed by atoms with Gasteiger partial charge in [0.1, 0.15) is 11.5 Å². The SMILES string of the molecule is CCCCC(=O)c1cc(O)c(C)cc1O. The fourth-order valence-corrected chi connectivity index (χ4v) is 1.38. The minimum Gasteiger partial charge on any atom is -0.508 e. The van der Waals surface area contributed by atoms with Crippen molar-refractivity contribution in [2.24, 2.45) is 0 Å². The zero-order valence-corrected chi connectivity index (χ0v) is 9.08. The van der Waals surface area contributed by atoms with E-state index in [4.69, 9.17) is 0 Å². The summed E-state index contributed by atoms with van der Waals surface area (Å²) in [7, 11) is 0. The van der Waals surface area contributed by atoms with Gasteiger partial charge in [-0.2, -0.15) is 0 Å². The fraction of sp³-hybridized carbons (Fsp3) is 0.417. The maximum Gasteiger partial charge on any atom is 0.166 e. The van der Waals surface area contributed by atoms with Crippen molar-refractivity contribution in [2.75, 3.05) is 0 Å². The summed E-state index contributed by atoms with van der Waals surface area (Å²) in [6.45, 7) is 3.68. The molecule has 0 aliphatic rings. The molecular weight excluding hydrogens is 192 g/mol. The van der Waals surface area contributed by atoms with Crippen molar-refractivity contribution in [3.8, 4) is 11.5 Å². The Morgan fingerprint density at radius 3 is 2.53 bits per heavy atom. The lowest BCUT2D eigenvalue weighted by Gasteiger charge is -2.06. The quantitative estimate of drug-likeness (QED) is 0.591. The number of carbonyl (C=O) groups excluding carboxylic acids is 1. The van der Waals surface area contributed by atoms with E-state index in [2.05, 4.69) is 0 Å². The monoisotopic (exact) mass is 208 g/mol. The Morgan fingerprint density at radius 1 is 1.27 bits per heavy atom. The van der Waals surface area contributed by atoms with Crippen LogP contribution in [0.4, 0.5) is 0 Å². The van der Waals surface area contributed by atoms with E-state index in [1.807, 2.05) is 6.92 Å². The molecular formula is C12H16O3. The van der Waals surface area contributed by atoms with Crippen LogP contribution in [0.1, 0.15) is 42.1 Å². The van der Waals surface area contributed by atoms with Gasteiger partial charge in [0.05, 0.1) is 5.56 Å². The predicted octanol–water partition coefficient (Wildman–Crippen LogP) is 2.78. The summed E-state index contributed by atoms with van der Waals surface area (Å²) in [5, 5.41) is 19.0. The van der Waals surface area contributed by atoms with Crippen molar-refractivity contribution in [1.82, 2.24) is 0 Å². The average molecular weight is 208 g/mol. The van der Waals surface area contributed by atoms with Crippen molar-refractivity contribution in [3.63, 3.8) is 0 Å². The number of Topliss-reactive ketones (excluding diaryl/α,β-unsaturated/α-hetero) is 1. The van der Waals surface area contributed by atoms with Gasteiger partial charge >= 0.3 is 0 Å². The van der Waals surface area contributed by atoms with Crippen LogP contribution in [0.2, 0.25) is 0 Å². The summed E-state index contributed by atoms with van der Waals surface area (Å²) in [6, 6.07) is 2.75. The third-order valence-corrected chi connectivity index (χ3v) is 2.37. The van der Waals surface area contributed by atoms with Crippen molar-refractivity contribution >= 4 is 5.78 Å². The molecule has 0 spiro atoms. The van der Waals surface area contributed by atoms with Crippen LogP contribution in [0.3, 0.4) is 0 Å². The third kappa shape index (κ3) is 2.72. The zero-order chi connectivity index (χ0) is 11.4. The molecule has 1 aromatic rings. The van der Waals surface area contributed by atoms with E-state index in [-0.39, 0.29) is 22.8 Å². The van der Waals surface area contributed by atoms with Gasteiger partial charge in [0.2, 0.25) is 0 Å². The summed E-state index contributed by atoms with van der Waals surface area (Å²) in [5.41, 5.74) is 0.783. The highest BCUT2D eigenvalue weighted by Gasteiger charge is 2.12. The fourth-order valence-electron chi connectivity index (χ4n) is 1.38. The number of phenols is 2. The average Bonchev–Trinajstić information content (AvgIpc) is 2.20. The van der Waals surface area contributed by atoms with Crippen LogP contribution in [0.15, 0.2) is 12.1 Å². The molecule has 1 aromatic carbocycles. The van der Waals surface area contributed by atoms with E-state index in [0.29, 0.717) is 12.0 Å². The largest absolute Gasteiger partial charge is 0.508 e. The number of hydrogen-bond donors (Lipinski definition) is 2. The lowest BCUT2D eigenvalue weighted by molar-refractivity contribution is 0.0977. The van der Waals surface area contributed by atoms with Gasteiger partial charge in [-0.25, -0.2) is 0 Å². The van der Waals surface area contributed by atoms with Crippen LogP contribution < -0.4 is 0 Å². The van der Waals surface area contributed by atoms with Crippen molar-refractivity contribution in [1.29, 1.82) is 0 Å². The molecule has 0 fully saturated rings. The number of benzene rings is 1. The summed E-state index contributed by atoms with van der Waals surface area (Å²) >= 11 is 0. The Balaban J connectivity index is 2.94. The molecule has 0 atom stereocenters. The highest BCUT2D eigenvalue weighted by Crippen LogP contribution is 2.27. The van der Waals surface area contributed by atoms with Crippen molar-refractivity contribution < 1.29 is 15.0 Å². The summed E-state index contributed by atoms with van der Waals surface area (Å²) in [6.07, 6.45) is 2.14. The first-order valence-corrected chi connectivity index (χ1v) is 5.12. The predicted molar refractivity (Wildman–Crippen MR) is 58.4 cm³/mol. The molecule has 1 rings (SSSR count). The standard InChI is InChI=1S/C12H16O3/c1-3-4-5-10(13)9-7-11(14)8(2)6-12(9)15/h6-7,14-15H,3-5H2,1-2H3. The third-order valence-electron chi connectivity index (χ3n) is 2.37. The molecule has 15 heavy (non-hydrogen) atoms. The molecule has 2 N–H and O–H groups in total. The Labute approximate surface area is 89.4 Å². The van der Waals surface area contributed by atoms with Crippen LogP contribution >= 0.6 is 0 Å². The van der Waals surface area contributed by atoms with E-state index in [0.717, 1.165) is 12.8 Å². The molecule has 3 heteroatoms. The maximum absolute atomic E-state index is 11.6. The topological polar surface area (TPSA) is 57.5 Å². The second-order valence-corrected chi connectivity index (χ2v) is 3.68. The highest BCUT2D eigenvalue weighted by molar-refractivity contribution is 5.99. The lowest BCUT2D eigenvalue weighted by atomic mass is 10.0. The Kier molecular flexibility index (Phi) is 3.72. The number of rotatable bonds is 4. The van der Waals surface area contributed by atoms with Crippen LogP contribution in [-0.2, 0) is 0 Å². The van der Waals surface area contributed by atoms with Crippen LogP contribution in [0.5, 0.6) is 11.5 Å². The van der Waals surface area contributed by atoms with Gasteiger partial charge in [-0.1, -0.05) is 13.3 Å². The second kappa shape index (κ2) is 4.82. The molecule has 0 aliphatic carbocycles. The van der Waals surface area contributed by atoms with Crippen molar-refractivity contribution in [3.05, 3.63) is 23.3 Å². The van der Waals surface area contributed by atoms with Crippen LogP contribution in [-0.4, -0.2) is 16.0 Å². The van der Waals surface area contributed by atoms with Crippen molar-refractivity contribution in [2.45, 2.75) is 33.1 Å². The molecule has 3 nitrogen and oxygen atoms in total. The lowest BCUT2D eigenvalue weighted by Crippen LogP contribution is -1.99. The molecule has 0 aliphatic heterocycles. The van der Waals surface area contributed by atoms with Gasteiger partial charge in [-0.05, 0) is 31.0 Å². The molecule has 0 amide bonds. The van der Waals surface area contributed by atoms with E-state index in [9.17, 15) is 15.0 Å². The summed E-state index contributed by atoms with van der Waals surface area (Å²) in [5.74, 6) is -0.122. The van der Waals surface area contributed by atoms with E-state index >= 15 is 0 Å². The minimum absolute atomic E-state index is 0.0487. The molecule has 0 bridgehead atoms. The van der Waals surface area contributed by atoms with Gasteiger partial charge < -0.3 is 10.2 Å². The number of phenolic OH excluding ortho intramolecular Hbond substituents is 2. The first kappa shape index (κ1) is 11.6. The van der Waals surface area contributed by atoms with Crippen LogP contribution in [0, 0.1) is 6.92 Å². The molecule has 0 saturated carbocycles. The summed E-state index contributed by atoms with van der Waals surface area (Å²) in [4.78, 5) is 11.6. The van der Waals surface area contributed by atoms with E-state index in [1.165, 1.54) is 12.1 Å². The van der Waals surface area contributed by atoms with Gasteiger partial charge in [0.15, 0.2) is 5.78 Å². The molecule has 0 radical (unpaired) electrons. The van der Waals surface area contributed by atoms with Gasteiger partial charge in [-0.15, -0.1) is 0 Å². The second-order valence-electron chi connectivity index (χ2n) is 3.68. The first-order valence-electron chi connectivity index (χ1n) is 5.12. The minimum atomic E-state index is -0.121. The normalized spacial score (nSPS) is 10.3. The van der Waals surface area contributed by atoms with Gasteiger partial charge in [-0.3, -0.25) is 4.79 Å². The molecule has 82 valence electrons. The number of carbonyl (C=O) groups is 1. The first-order chi connectivity index (χ1) is 7.06. The zero-order valence-electron chi connectivity index (χ0n) is 9.08. The number of hydrogen-bond acceptors (Lipinski definition) is 3. The Hall–Kier alpha value is -1.51. The molecule has 0 unspecified atom stereocenters. The summed E-state index contributed by atoms with van der Waals surface area (Å²) < 4.78 is 0. The van der Waals surface area contributed by atoms with Crippen LogP contribution in [0.25, 0.3) is 0 Å². The molecule has 0 aromatic heterocycles. The van der Waals surface area contributed by atoms with Gasteiger partial charge in [0, 0.05) is 6.42 Å². The smallest absolute Gasteiger partial charge is 0.166 e. The molecule has 0 saturated heterocycles. The Morgan fingerprint density at radius 2 is 1.93 bits per heavy atom. The van der Waals surface area contributed by atoms with Gasteiger partial charge in [0.25, 0.3) is 0 Å². The van der Waals surface area contributed by atoms with E-state index in [1.54, 1.807) is 6.92 Å². The van der Waals surface area contributed by atoms with E-state index < -0.39 is 0 Å². The maximum atomic E-state index is 11.6. The Bertz CT molecular complexity index is 369. The number of ketones is 1. The highest BCUT2D eigenvalue weighted by atomic mass is 16.3. The number of aromatic hydroxyl groups is 2. The number of aryl methyl sites for hydroxylation is 1.